The zero-order valence-electron chi connectivity index (χ0n) is 15.2. The third-order valence-corrected chi connectivity index (χ3v) is 5.12. The van der Waals surface area contributed by atoms with Crippen LogP contribution in [0, 0.1) is 0 Å². The monoisotopic (exact) mass is 376 g/mol. The van der Waals surface area contributed by atoms with Gasteiger partial charge in [-0.1, -0.05) is 0 Å². The third-order valence-electron chi connectivity index (χ3n) is 5.12. The molecule has 1 aliphatic heterocycles. The van der Waals surface area contributed by atoms with E-state index in [0.717, 1.165) is 35.7 Å². The van der Waals surface area contributed by atoms with Crippen LogP contribution in [0.5, 0.6) is 0 Å². The summed E-state index contributed by atoms with van der Waals surface area (Å²) in [5.41, 5.74) is 1.49. The molecule has 3 aromatic heterocycles. The molecule has 3 aromatic rings. The summed E-state index contributed by atoms with van der Waals surface area (Å²) in [6.45, 7) is 0.909. The second-order valence-electron chi connectivity index (χ2n) is 7.17. The van der Waals surface area contributed by atoms with Crippen LogP contribution in [0.15, 0.2) is 53.7 Å². The predicted octanol–water partition coefficient (Wildman–Crippen LogP) is 2.02. The second kappa shape index (κ2) is 7.12. The summed E-state index contributed by atoms with van der Waals surface area (Å²) in [6, 6.07) is 8.57. The molecule has 0 amide bonds. The molecule has 8 heteroatoms. The number of hydrogen-bond donors (Lipinski definition) is 1. The number of hydrogen-bond acceptors (Lipinski definition) is 7. The summed E-state index contributed by atoms with van der Waals surface area (Å²) >= 11 is 0. The SMILES string of the molecule is O=c1ccc(-c2ccncc2)nn1C1COCC1Nc1ccnc(C2CC2)n1. The Balaban J connectivity index is 1.42. The lowest BCUT2D eigenvalue weighted by atomic mass is 10.1. The van der Waals surface area contributed by atoms with Crippen LogP contribution in [0.3, 0.4) is 0 Å². The van der Waals surface area contributed by atoms with E-state index in [2.05, 4.69) is 25.4 Å². The van der Waals surface area contributed by atoms with Gasteiger partial charge in [-0.2, -0.15) is 5.10 Å². The summed E-state index contributed by atoms with van der Waals surface area (Å²) < 4.78 is 7.19. The summed E-state index contributed by atoms with van der Waals surface area (Å²) in [5, 5.41) is 8.01. The minimum atomic E-state index is -0.214. The minimum Gasteiger partial charge on any atom is -0.377 e. The number of pyridine rings is 1. The molecule has 0 spiro atoms. The maximum Gasteiger partial charge on any atom is 0.267 e. The molecule has 2 unspecified atom stereocenters. The first-order chi connectivity index (χ1) is 13.8. The van der Waals surface area contributed by atoms with Crippen molar-refractivity contribution in [3.63, 3.8) is 0 Å². The summed E-state index contributed by atoms with van der Waals surface area (Å²) in [7, 11) is 0. The van der Waals surface area contributed by atoms with Crippen molar-refractivity contribution in [3.05, 3.63) is 65.1 Å². The second-order valence-corrected chi connectivity index (χ2v) is 7.17. The van der Waals surface area contributed by atoms with Crippen LogP contribution in [-0.2, 0) is 4.74 Å². The van der Waals surface area contributed by atoms with Crippen LogP contribution in [0.1, 0.15) is 30.6 Å². The van der Waals surface area contributed by atoms with E-state index in [-0.39, 0.29) is 17.6 Å². The maximum absolute atomic E-state index is 12.5. The van der Waals surface area contributed by atoms with Gasteiger partial charge in [0.25, 0.3) is 5.56 Å². The Kier molecular flexibility index (Phi) is 4.32. The molecule has 1 N–H and O–H groups in total. The van der Waals surface area contributed by atoms with Gasteiger partial charge in [-0.05, 0) is 37.1 Å². The first-order valence-electron chi connectivity index (χ1n) is 9.45. The quantitative estimate of drug-likeness (QED) is 0.728. The predicted molar refractivity (Wildman–Crippen MR) is 103 cm³/mol. The van der Waals surface area contributed by atoms with Crippen LogP contribution in [0.2, 0.25) is 0 Å². The van der Waals surface area contributed by atoms with Gasteiger partial charge in [-0.15, -0.1) is 0 Å². The molecular formula is C20H20N6O2. The third kappa shape index (κ3) is 3.38. The first kappa shape index (κ1) is 17.0. The number of nitrogens with zero attached hydrogens (tertiary/aromatic N) is 5. The lowest BCUT2D eigenvalue weighted by molar-refractivity contribution is 0.183. The Morgan fingerprint density at radius 1 is 1.04 bits per heavy atom. The average molecular weight is 376 g/mol. The number of aromatic nitrogens is 5. The highest BCUT2D eigenvalue weighted by Gasteiger charge is 2.32. The van der Waals surface area contributed by atoms with Crippen molar-refractivity contribution in [2.45, 2.75) is 30.8 Å². The van der Waals surface area contributed by atoms with E-state index in [4.69, 9.17) is 4.74 Å². The van der Waals surface area contributed by atoms with E-state index in [1.807, 2.05) is 18.2 Å². The number of anilines is 1. The van der Waals surface area contributed by atoms with E-state index in [1.165, 1.54) is 4.68 Å². The van der Waals surface area contributed by atoms with E-state index < -0.39 is 0 Å². The zero-order chi connectivity index (χ0) is 18.9. The van der Waals surface area contributed by atoms with Crippen molar-refractivity contribution in [2.24, 2.45) is 0 Å². The minimum absolute atomic E-state index is 0.0974. The van der Waals surface area contributed by atoms with Crippen LogP contribution in [-0.4, -0.2) is 44.0 Å². The highest BCUT2D eigenvalue weighted by molar-refractivity contribution is 5.57. The first-order valence-corrected chi connectivity index (χ1v) is 9.45. The smallest absolute Gasteiger partial charge is 0.267 e. The highest BCUT2D eigenvalue weighted by Crippen LogP contribution is 2.38. The van der Waals surface area contributed by atoms with Crippen molar-refractivity contribution >= 4 is 5.82 Å². The standard InChI is InChI=1S/C20H20N6O2/c27-19-4-3-15(13-5-8-21-9-6-13)25-26(19)17-12-28-11-16(17)23-18-7-10-22-20(24-18)14-1-2-14/h3-10,14,16-17H,1-2,11-12H2,(H,22,23,24). The van der Waals surface area contributed by atoms with Crippen LogP contribution < -0.4 is 10.9 Å². The molecule has 5 rings (SSSR count). The fourth-order valence-electron chi connectivity index (χ4n) is 3.44. The summed E-state index contributed by atoms with van der Waals surface area (Å²) in [5.74, 6) is 2.13. The molecule has 4 heterocycles. The van der Waals surface area contributed by atoms with Crippen molar-refractivity contribution in [2.75, 3.05) is 18.5 Å². The fourth-order valence-corrected chi connectivity index (χ4v) is 3.44. The Bertz CT molecular complexity index is 1030. The molecule has 0 aromatic carbocycles. The molecular weight excluding hydrogens is 356 g/mol. The summed E-state index contributed by atoms with van der Waals surface area (Å²) in [4.78, 5) is 25.5. The van der Waals surface area contributed by atoms with Crippen LogP contribution in [0.25, 0.3) is 11.3 Å². The number of ether oxygens (including phenoxy) is 1. The lowest BCUT2D eigenvalue weighted by Crippen LogP contribution is -2.37. The Morgan fingerprint density at radius 3 is 2.71 bits per heavy atom. The molecule has 0 bridgehead atoms. The van der Waals surface area contributed by atoms with Gasteiger partial charge < -0.3 is 10.1 Å². The van der Waals surface area contributed by atoms with E-state index >= 15 is 0 Å². The number of rotatable bonds is 5. The zero-order valence-corrected chi connectivity index (χ0v) is 15.2. The Labute approximate surface area is 161 Å². The van der Waals surface area contributed by atoms with Crippen molar-refractivity contribution in [1.29, 1.82) is 0 Å². The van der Waals surface area contributed by atoms with Crippen molar-refractivity contribution in [3.8, 4) is 11.3 Å². The molecule has 8 nitrogen and oxygen atoms in total. The fraction of sp³-hybridized carbons (Fsp3) is 0.350. The summed E-state index contributed by atoms with van der Waals surface area (Å²) in [6.07, 6.45) is 7.51. The molecule has 1 aliphatic carbocycles. The molecule has 142 valence electrons. The molecule has 1 saturated carbocycles. The Hall–Kier alpha value is -3.13. The van der Waals surface area contributed by atoms with Gasteiger partial charge in [0.05, 0.1) is 24.9 Å². The molecule has 2 aliphatic rings. The molecule has 2 fully saturated rings. The van der Waals surface area contributed by atoms with Gasteiger partial charge in [0.1, 0.15) is 17.7 Å². The lowest BCUT2D eigenvalue weighted by Gasteiger charge is -2.21. The maximum atomic E-state index is 12.5. The van der Waals surface area contributed by atoms with Gasteiger partial charge in [-0.3, -0.25) is 9.78 Å². The molecule has 28 heavy (non-hydrogen) atoms. The van der Waals surface area contributed by atoms with Crippen molar-refractivity contribution < 1.29 is 4.74 Å². The molecule has 0 radical (unpaired) electrons. The Morgan fingerprint density at radius 2 is 1.89 bits per heavy atom. The van der Waals surface area contributed by atoms with Crippen LogP contribution in [0.4, 0.5) is 5.82 Å². The normalized spacial score (nSPS) is 21.6. The van der Waals surface area contributed by atoms with Gasteiger partial charge >= 0.3 is 0 Å². The molecule has 1 saturated heterocycles. The van der Waals surface area contributed by atoms with Crippen molar-refractivity contribution in [1.82, 2.24) is 24.7 Å². The van der Waals surface area contributed by atoms with E-state index in [1.54, 1.807) is 30.7 Å². The van der Waals surface area contributed by atoms with E-state index in [0.29, 0.717) is 19.1 Å². The van der Waals surface area contributed by atoms with Gasteiger partial charge in [0, 0.05) is 36.1 Å². The van der Waals surface area contributed by atoms with Gasteiger partial charge in [-0.25, -0.2) is 14.6 Å². The largest absolute Gasteiger partial charge is 0.377 e. The highest BCUT2D eigenvalue weighted by atomic mass is 16.5. The van der Waals surface area contributed by atoms with Crippen LogP contribution >= 0.6 is 0 Å². The topological polar surface area (TPSA) is 94.8 Å². The average Bonchev–Trinajstić information content (AvgIpc) is 3.49. The number of nitrogens with one attached hydrogen (secondary N) is 1. The molecule has 2 atom stereocenters. The van der Waals surface area contributed by atoms with Gasteiger partial charge in [0.15, 0.2) is 0 Å². The van der Waals surface area contributed by atoms with E-state index in [9.17, 15) is 4.79 Å². The van der Waals surface area contributed by atoms with Gasteiger partial charge in [0.2, 0.25) is 0 Å².